The van der Waals surface area contributed by atoms with Gasteiger partial charge in [0.15, 0.2) is 5.69 Å². The molecule has 1 unspecified atom stereocenters. The zero-order valence-electron chi connectivity index (χ0n) is 19.0. The van der Waals surface area contributed by atoms with Crippen molar-refractivity contribution in [1.82, 2.24) is 20.0 Å². The van der Waals surface area contributed by atoms with Crippen LogP contribution in [0, 0.1) is 0 Å². The van der Waals surface area contributed by atoms with Crippen molar-refractivity contribution in [3.05, 3.63) is 66.0 Å². The molecule has 2 aromatic carbocycles. The van der Waals surface area contributed by atoms with Crippen LogP contribution in [0.3, 0.4) is 0 Å². The lowest BCUT2D eigenvalue weighted by atomic mass is 9.98. The van der Waals surface area contributed by atoms with Gasteiger partial charge < -0.3 is 21.1 Å². The monoisotopic (exact) mass is 446 g/mol. The van der Waals surface area contributed by atoms with Crippen LogP contribution >= 0.6 is 0 Å². The van der Waals surface area contributed by atoms with Gasteiger partial charge in [-0.1, -0.05) is 18.2 Å². The molecule has 172 valence electrons. The summed E-state index contributed by atoms with van der Waals surface area (Å²) in [6.07, 6.45) is 0.934. The number of carbonyl (C=O) groups is 1. The Morgan fingerprint density at radius 1 is 1.09 bits per heavy atom. The number of fused-ring (bicyclic) bond motifs is 1. The van der Waals surface area contributed by atoms with E-state index in [0.717, 1.165) is 48.9 Å². The molecule has 0 saturated carbocycles. The standard InChI is InChI=1S/C25H30N6O2/c1-16-15-30(17(2)14-28-16)21-12-13-27-23-22(21)29-31(24(23)25(26)32)18-8-10-20(11-9-18)33-19-6-4-3-5-7-19/h3-11,16-17,21,27-28H,12-15H2,1-2H3,(H2,26,32)/t16-,17+,21?/m0/s1. The van der Waals surface area contributed by atoms with Gasteiger partial charge in [0.2, 0.25) is 0 Å². The lowest BCUT2D eigenvalue weighted by Gasteiger charge is -2.43. The van der Waals surface area contributed by atoms with Crippen molar-refractivity contribution in [2.45, 2.75) is 38.4 Å². The normalized spacial score (nSPS) is 22.9. The fraction of sp³-hybridized carbons (Fsp3) is 0.360. The minimum Gasteiger partial charge on any atom is -0.457 e. The number of primary amides is 1. The molecule has 33 heavy (non-hydrogen) atoms. The average molecular weight is 447 g/mol. The lowest BCUT2D eigenvalue weighted by molar-refractivity contribution is 0.0876. The maximum absolute atomic E-state index is 12.5. The van der Waals surface area contributed by atoms with Crippen LogP contribution in [0.15, 0.2) is 54.6 Å². The summed E-state index contributed by atoms with van der Waals surface area (Å²) in [5.74, 6) is 0.981. The van der Waals surface area contributed by atoms with Gasteiger partial charge in [-0.3, -0.25) is 9.69 Å². The summed E-state index contributed by atoms with van der Waals surface area (Å²) in [5.41, 5.74) is 8.63. The van der Waals surface area contributed by atoms with Crippen molar-refractivity contribution < 1.29 is 9.53 Å². The summed E-state index contributed by atoms with van der Waals surface area (Å²) < 4.78 is 7.57. The molecule has 0 aliphatic carbocycles. The minimum atomic E-state index is -0.497. The number of aromatic nitrogens is 2. The molecule has 3 heterocycles. The number of hydrogen-bond acceptors (Lipinski definition) is 6. The molecule has 1 fully saturated rings. The lowest BCUT2D eigenvalue weighted by Crippen LogP contribution is -2.55. The predicted octanol–water partition coefficient (Wildman–Crippen LogP) is 3.30. The van der Waals surface area contributed by atoms with Gasteiger partial charge in [0.25, 0.3) is 5.91 Å². The molecular weight excluding hydrogens is 416 g/mol. The number of piperazine rings is 1. The van der Waals surface area contributed by atoms with Gasteiger partial charge in [-0.2, -0.15) is 5.10 Å². The molecule has 3 atom stereocenters. The number of nitrogens with one attached hydrogen (secondary N) is 2. The Morgan fingerprint density at radius 2 is 1.82 bits per heavy atom. The smallest absolute Gasteiger partial charge is 0.269 e. The van der Waals surface area contributed by atoms with E-state index in [9.17, 15) is 4.79 Å². The zero-order valence-corrected chi connectivity index (χ0v) is 19.0. The molecule has 2 aliphatic heterocycles. The summed E-state index contributed by atoms with van der Waals surface area (Å²) in [7, 11) is 0. The number of ether oxygens (including phenoxy) is 1. The number of nitrogens with zero attached hydrogens (tertiary/aromatic N) is 3. The van der Waals surface area contributed by atoms with Crippen LogP contribution in [0.1, 0.15) is 42.5 Å². The van der Waals surface area contributed by atoms with E-state index in [2.05, 4.69) is 29.4 Å². The molecular formula is C25H30N6O2. The molecule has 5 rings (SSSR count). The summed E-state index contributed by atoms with van der Waals surface area (Å²) in [6, 6.07) is 18.1. The van der Waals surface area contributed by atoms with E-state index in [1.165, 1.54) is 0 Å². The van der Waals surface area contributed by atoms with Gasteiger partial charge >= 0.3 is 0 Å². The van der Waals surface area contributed by atoms with E-state index in [0.29, 0.717) is 23.5 Å². The molecule has 8 heteroatoms. The molecule has 0 spiro atoms. The van der Waals surface area contributed by atoms with Crippen LogP contribution in [-0.2, 0) is 0 Å². The van der Waals surface area contributed by atoms with Crippen LogP contribution in [-0.4, -0.2) is 52.3 Å². The molecule has 8 nitrogen and oxygen atoms in total. The van der Waals surface area contributed by atoms with Gasteiger partial charge in [-0.05, 0) is 56.7 Å². The molecule has 0 bridgehead atoms. The van der Waals surface area contributed by atoms with Crippen LogP contribution in [0.2, 0.25) is 0 Å². The first-order valence-electron chi connectivity index (χ1n) is 11.5. The number of amides is 1. The van der Waals surface area contributed by atoms with E-state index in [1.807, 2.05) is 54.6 Å². The van der Waals surface area contributed by atoms with Crippen molar-refractivity contribution in [2.75, 3.05) is 25.0 Å². The SMILES string of the molecule is C[C@@H]1CN[C@@H](C)CN1C1CCNc2c1nn(-c1ccc(Oc3ccccc3)cc1)c2C(N)=O. The van der Waals surface area contributed by atoms with Crippen molar-refractivity contribution in [3.8, 4) is 17.2 Å². The summed E-state index contributed by atoms with van der Waals surface area (Å²) >= 11 is 0. The maximum Gasteiger partial charge on any atom is 0.269 e. The quantitative estimate of drug-likeness (QED) is 0.556. The Labute approximate surface area is 193 Å². The highest BCUT2D eigenvalue weighted by Gasteiger charge is 2.37. The molecule has 2 aliphatic rings. The third-order valence-corrected chi connectivity index (χ3v) is 6.45. The fourth-order valence-corrected chi connectivity index (χ4v) is 4.81. The van der Waals surface area contributed by atoms with Crippen LogP contribution in [0.4, 0.5) is 5.69 Å². The van der Waals surface area contributed by atoms with E-state index < -0.39 is 5.91 Å². The topological polar surface area (TPSA) is 97.4 Å². The summed E-state index contributed by atoms with van der Waals surface area (Å²) in [4.78, 5) is 15.0. The second-order valence-electron chi connectivity index (χ2n) is 8.88. The minimum absolute atomic E-state index is 0.140. The summed E-state index contributed by atoms with van der Waals surface area (Å²) in [6.45, 7) is 7.09. The number of anilines is 1. The first kappa shape index (κ1) is 21.5. The van der Waals surface area contributed by atoms with E-state index in [-0.39, 0.29) is 6.04 Å². The van der Waals surface area contributed by atoms with Gasteiger partial charge in [-0.15, -0.1) is 0 Å². The van der Waals surface area contributed by atoms with Crippen LogP contribution in [0.5, 0.6) is 11.5 Å². The summed E-state index contributed by atoms with van der Waals surface area (Å²) in [5, 5.41) is 11.9. The van der Waals surface area contributed by atoms with Crippen molar-refractivity contribution in [3.63, 3.8) is 0 Å². The van der Waals surface area contributed by atoms with Crippen LogP contribution in [0.25, 0.3) is 5.69 Å². The highest BCUT2D eigenvalue weighted by atomic mass is 16.5. The molecule has 4 N–H and O–H groups in total. The number of nitrogens with two attached hydrogens (primary N) is 1. The Bertz CT molecular complexity index is 1130. The maximum atomic E-state index is 12.5. The predicted molar refractivity (Wildman–Crippen MR) is 128 cm³/mol. The van der Waals surface area contributed by atoms with Crippen molar-refractivity contribution in [1.29, 1.82) is 0 Å². The van der Waals surface area contributed by atoms with Gasteiger partial charge in [0.05, 0.1) is 17.4 Å². The Morgan fingerprint density at radius 3 is 2.55 bits per heavy atom. The Kier molecular flexibility index (Phi) is 5.78. The first-order chi connectivity index (χ1) is 16.0. The second kappa shape index (κ2) is 8.88. The van der Waals surface area contributed by atoms with Gasteiger partial charge in [0, 0.05) is 31.7 Å². The van der Waals surface area contributed by atoms with Gasteiger partial charge in [-0.25, -0.2) is 4.68 Å². The molecule has 0 radical (unpaired) electrons. The van der Waals surface area contributed by atoms with Gasteiger partial charge in [0.1, 0.15) is 17.2 Å². The third-order valence-electron chi connectivity index (χ3n) is 6.45. The fourth-order valence-electron chi connectivity index (χ4n) is 4.81. The van der Waals surface area contributed by atoms with Crippen molar-refractivity contribution >= 4 is 11.6 Å². The van der Waals surface area contributed by atoms with E-state index in [4.69, 9.17) is 15.6 Å². The number of rotatable bonds is 5. The second-order valence-corrected chi connectivity index (χ2v) is 8.88. The number of hydrogen-bond donors (Lipinski definition) is 3. The molecule has 1 amide bonds. The molecule has 3 aromatic rings. The van der Waals surface area contributed by atoms with E-state index >= 15 is 0 Å². The number of carbonyl (C=O) groups excluding carboxylic acids is 1. The number of benzene rings is 2. The average Bonchev–Trinajstić information content (AvgIpc) is 3.22. The Balaban J connectivity index is 1.49. The highest BCUT2D eigenvalue weighted by Crippen LogP contribution is 2.38. The Hall–Kier alpha value is -3.36. The largest absolute Gasteiger partial charge is 0.457 e. The number of para-hydroxylation sites is 1. The van der Waals surface area contributed by atoms with E-state index in [1.54, 1.807) is 4.68 Å². The third kappa shape index (κ3) is 4.19. The molecule has 1 aromatic heterocycles. The highest BCUT2D eigenvalue weighted by molar-refractivity contribution is 5.98. The molecule has 1 saturated heterocycles. The van der Waals surface area contributed by atoms with Crippen molar-refractivity contribution in [2.24, 2.45) is 5.73 Å². The zero-order chi connectivity index (χ0) is 22.9. The van der Waals surface area contributed by atoms with Crippen LogP contribution < -0.4 is 21.1 Å². The first-order valence-corrected chi connectivity index (χ1v) is 11.5.